The number of carbonyl (C=O) groups is 3. The van der Waals surface area contributed by atoms with E-state index in [2.05, 4.69) is 15.3 Å². The molecule has 0 spiro atoms. The lowest BCUT2D eigenvalue weighted by Crippen LogP contribution is -2.57. The molecule has 14 heteroatoms. The number of nitrogens with zero attached hydrogens (tertiary/aromatic N) is 4. The molecule has 0 saturated carbocycles. The molecule has 0 aliphatic carbocycles. The minimum atomic E-state index is -1.04. The Morgan fingerprint density at radius 3 is 2.34 bits per heavy atom. The number of hydrogen-bond donors (Lipinski definition) is 0. The van der Waals surface area contributed by atoms with Crippen LogP contribution in [0, 0.1) is 0 Å². The SMILES string of the molecule is CC(=O)OCC1O[C@H](SC(/C=C(\C)Cl)=C(C)C)C(OC(C)=O)C(n2cc(-c3nccs3)nn2)[C@H]1OC(C)=O. The lowest BCUT2D eigenvalue weighted by Gasteiger charge is -2.44. The topological polar surface area (TPSA) is 132 Å². The van der Waals surface area contributed by atoms with Crippen molar-refractivity contribution in [3.05, 3.63) is 39.4 Å². The van der Waals surface area contributed by atoms with Gasteiger partial charge in [0.05, 0.1) is 6.20 Å². The number of allylic oxidation sites excluding steroid dienone is 3. The van der Waals surface area contributed by atoms with E-state index in [-0.39, 0.29) is 6.61 Å². The average molecular weight is 585 g/mol. The first-order valence-electron chi connectivity index (χ1n) is 11.6. The summed E-state index contributed by atoms with van der Waals surface area (Å²) in [6.45, 7) is 9.15. The summed E-state index contributed by atoms with van der Waals surface area (Å²) in [6, 6.07) is -0.879. The van der Waals surface area contributed by atoms with Crippen LogP contribution in [0.2, 0.25) is 0 Å². The molecule has 0 bridgehead atoms. The monoisotopic (exact) mass is 584 g/mol. The van der Waals surface area contributed by atoms with E-state index in [0.717, 1.165) is 10.5 Å². The molecule has 1 saturated heterocycles. The van der Waals surface area contributed by atoms with Gasteiger partial charge in [-0.05, 0) is 26.8 Å². The standard InChI is InChI=1S/C24H29ClN4O7S2/c1-12(2)19(9-13(3)25)38-24-22(35-16(6)32)20(29-10-17(27-28-29)23-26-7-8-37-23)21(34-15(5)31)18(36-24)11-33-14(4)30/h7-10,18,20-22,24H,11H2,1-6H3/b13-9+/t18?,20?,21-,22?,24+/m0/s1. The van der Waals surface area contributed by atoms with Gasteiger partial charge in [-0.1, -0.05) is 34.1 Å². The van der Waals surface area contributed by atoms with Crippen molar-refractivity contribution in [2.75, 3.05) is 6.61 Å². The molecule has 1 aliphatic heterocycles. The molecule has 1 fully saturated rings. The lowest BCUT2D eigenvalue weighted by molar-refractivity contribution is -0.212. The van der Waals surface area contributed by atoms with Crippen molar-refractivity contribution in [2.45, 2.75) is 71.3 Å². The van der Waals surface area contributed by atoms with Crippen LogP contribution in [-0.4, -0.2) is 68.2 Å². The van der Waals surface area contributed by atoms with Crippen LogP contribution in [0.4, 0.5) is 0 Å². The quantitative estimate of drug-likeness (QED) is 0.238. The molecule has 0 aromatic carbocycles. The second-order valence-electron chi connectivity index (χ2n) is 8.62. The van der Waals surface area contributed by atoms with Crippen molar-refractivity contribution in [1.29, 1.82) is 0 Å². The Kier molecular flexibility index (Phi) is 10.5. The van der Waals surface area contributed by atoms with Crippen LogP contribution >= 0.6 is 34.7 Å². The van der Waals surface area contributed by atoms with Gasteiger partial charge in [-0.3, -0.25) is 14.4 Å². The van der Waals surface area contributed by atoms with E-state index in [1.165, 1.54) is 48.6 Å². The molecule has 11 nitrogen and oxygen atoms in total. The number of esters is 3. The summed E-state index contributed by atoms with van der Waals surface area (Å²) in [5.74, 6) is -1.71. The maximum absolute atomic E-state index is 12.3. The van der Waals surface area contributed by atoms with Crippen LogP contribution in [0.1, 0.15) is 47.6 Å². The van der Waals surface area contributed by atoms with Gasteiger partial charge in [-0.25, -0.2) is 9.67 Å². The van der Waals surface area contributed by atoms with Crippen LogP contribution in [-0.2, 0) is 33.3 Å². The number of carbonyl (C=O) groups excluding carboxylic acids is 3. The molecular weight excluding hydrogens is 556 g/mol. The Morgan fingerprint density at radius 1 is 1.11 bits per heavy atom. The molecule has 206 valence electrons. The number of ether oxygens (including phenoxy) is 4. The summed E-state index contributed by atoms with van der Waals surface area (Å²) in [4.78, 5) is 41.2. The van der Waals surface area contributed by atoms with E-state index in [9.17, 15) is 14.4 Å². The largest absolute Gasteiger partial charge is 0.463 e. The number of aromatic nitrogens is 4. The van der Waals surface area contributed by atoms with E-state index in [1.807, 2.05) is 13.8 Å². The second kappa shape index (κ2) is 13.4. The summed E-state index contributed by atoms with van der Waals surface area (Å²) < 4.78 is 24.5. The first-order valence-corrected chi connectivity index (χ1v) is 13.7. The highest BCUT2D eigenvalue weighted by atomic mass is 35.5. The Bertz CT molecular complexity index is 1210. The number of hydrogen-bond acceptors (Lipinski definition) is 12. The molecule has 3 rings (SSSR count). The van der Waals surface area contributed by atoms with Crippen molar-refractivity contribution in [3.63, 3.8) is 0 Å². The summed E-state index contributed by atoms with van der Waals surface area (Å²) in [7, 11) is 0. The molecule has 0 radical (unpaired) electrons. The fourth-order valence-corrected chi connectivity index (χ4v) is 5.79. The van der Waals surface area contributed by atoms with Gasteiger partial charge in [0, 0.05) is 42.3 Å². The molecule has 2 aromatic heterocycles. The summed E-state index contributed by atoms with van der Waals surface area (Å²) in [5, 5.41) is 11.5. The highest BCUT2D eigenvalue weighted by Crippen LogP contribution is 2.42. The minimum absolute atomic E-state index is 0.212. The summed E-state index contributed by atoms with van der Waals surface area (Å²) in [6.07, 6.45) is 2.12. The summed E-state index contributed by atoms with van der Waals surface area (Å²) >= 11 is 8.83. The van der Waals surface area contributed by atoms with E-state index in [0.29, 0.717) is 15.7 Å². The van der Waals surface area contributed by atoms with Gasteiger partial charge >= 0.3 is 17.9 Å². The first-order chi connectivity index (χ1) is 18.0. The van der Waals surface area contributed by atoms with E-state index in [1.54, 1.807) is 30.8 Å². The van der Waals surface area contributed by atoms with Crippen LogP contribution < -0.4 is 0 Å². The predicted octanol–water partition coefficient (Wildman–Crippen LogP) is 4.26. The number of halogens is 1. The Labute approximate surface area is 233 Å². The number of thiazole rings is 1. The molecule has 0 N–H and O–H groups in total. The maximum Gasteiger partial charge on any atom is 0.303 e. The van der Waals surface area contributed by atoms with Crippen LogP contribution in [0.15, 0.2) is 39.4 Å². The van der Waals surface area contributed by atoms with Crippen molar-refractivity contribution < 1.29 is 33.3 Å². The molecule has 0 amide bonds. The molecule has 5 atom stereocenters. The maximum atomic E-state index is 12.3. The third kappa shape index (κ3) is 7.88. The van der Waals surface area contributed by atoms with Crippen molar-refractivity contribution in [2.24, 2.45) is 0 Å². The van der Waals surface area contributed by atoms with Gasteiger partial charge in [-0.15, -0.1) is 16.4 Å². The average Bonchev–Trinajstić information content (AvgIpc) is 3.50. The number of rotatable bonds is 9. The molecule has 2 aromatic rings. The van der Waals surface area contributed by atoms with Crippen molar-refractivity contribution in [1.82, 2.24) is 20.0 Å². The molecule has 38 heavy (non-hydrogen) atoms. The zero-order valence-electron chi connectivity index (χ0n) is 21.7. The van der Waals surface area contributed by atoms with Gasteiger partial charge in [0.15, 0.2) is 12.2 Å². The molecular formula is C24H29ClN4O7S2. The van der Waals surface area contributed by atoms with E-state index >= 15 is 0 Å². The fraction of sp³-hybridized carbons (Fsp3) is 0.500. The Morgan fingerprint density at radius 2 is 1.79 bits per heavy atom. The van der Waals surface area contributed by atoms with Crippen LogP contribution in [0.5, 0.6) is 0 Å². The second-order valence-corrected chi connectivity index (χ2v) is 11.2. The van der Waals surface area contributed by atoms with Crippen LogP contribution in [0.25, 0.3) is 10.7 Å². The summed E-state index contributed by atoms with van der Waals surface area (Å²) in [5.41, 5.74) is 0.615. The van der Waals surface area contributed by atoms with Gasteiger partial charge in [0.2, 0.25) is 0 Å². The number of thioether (sulfide) groups is 1. The van der Waals surface area contributed by atoms with E-state index in [4.69, 9.17) is 30.5 Å². The predicted molar refractivity (Wildman–Crippen MR) is 142 cm³/mol. The zero-order valence-corrected chi connectivity index (χ0v) is 24.1. The van der Waals surface area contributed by atoms with Crippen molar-refractivity contribution >= 4 is 52.6 Å². The smallest absolute Gasteiger partial charge is 0.303 e. The van der Waals surface area contributed by atoms with Crippen LogP contribution in [0.3, 0.4) is 0 Å². The van der Waals surface area contributed by atoms with E-state index < -0.39 is 47.7 Å². The third-order valence-electron chi connectivity index (χ3n) is 5.20. The normalized spacial score (nSPS) is 23.4. The van der Waals surface area contributed by atoms with Gasteiger partial charge in [0.25, 0.3) is 0 Å². The molecule has 3 unspecified atom stereocenters. The minimum Gasteiger partial charge on any atom is -0.463 e. The molecule has 3 heterocycles. The van der Waals surface area contributed by atoms with Gasteiger partial charge in [-0.2, -0.15) is 0 Å². The highest BCUT2D eigenvalue weighted by molar-refractivity contribution is 8.03. The zero-order chi connectivity index (χ0) is 28.0. The lowest BCUT2D eigenvalue weighted by atomic mass is 9.96. The third-order valence-corrected chi connectivity index (χ3v) is 7.50. The fourth-order valence-electron chi connectivity index (χ4n) is 3.75. The first kappa shape index (κ1) is 29.8. The molecule has 1 aliphatic rings. The Hall–Kier alpha value is -2.74. The Balaban J connectivity index is 2.14. The van der Waals surface area contributed by atoms with Gasteiger partial charge in [0.1, 0.15) is 34.9 Å². The van der Waals surface area contributed by atoms with Crippen molar-refractivity contribution in [3.8, 4) is 10.7 Å². The van der Waals surface area contributed by atoms with Gasteiger partial charge < -0.3 is 18.9 Å². The highest BCUT2D eigenvalue weighted by Gasteiger charge is 2.52.